The molecule has 0 aliphatic carbocycles. The average Bonchev–Trinajstić information content (AvgIpc) is 2.38. The standard InChI is InChI=1S/C15H20O3/c1-10(2)14(15(16)17-3)12-6-7-13-11(9-12)5-4-8-18-13/h6-7,9-10,14H,4-5,8H2,1-3H3. The SMILES string of the molecule is COC(=O)C(c1ccc2c(c1)CCCO2)C(C)C. The van der Waals surface area contributed by atoms with Gasteiger partial charge in [-0.3, -0.25) is 4.79 Å². The van der Waals surface area contributed by atoms with E-state index in [9.17, 15) is 4.79 Å². The van der Waals surface area contributed by atoms with E-state index in [0.717, 1.165) is 30.8 Å². The van der Waals surface area contributed by atoms with Gasteiger partial charge in [-0.2, -0.15) is 0 Å². The van der Waals surface area contributed by atoms with Crippen LogP contribution in [0.1, 0.15) is 37.3 Å². The number of hydrogen-bond acceptors (Lipinski definition) is 3. The summed E-state index contributed by atoms with van der Waals surface area (Å²) in [4.78, 5) is 11.9. The zero-order chi connectivity index (χ0) is 13.1. The fourth-order valence-corrected chi connectivity index (χ4v) is 2.49. The number of carbonyl (C=O) groups is 1. The Morgan fingerprint density at radius 1 is 1.39 bits per heavy atom. The zero-order valence-corrected chi connectivity index (χ0v) is 11.2. The summed E-state index contributed by atoms with van der Waals surface area (Å²) >= 11 is 0. The van der Waals surface area contributed by atoms with Gasteiger partial charge in [0.2, 0.25) is 0 Å². The lowest BCUT2D eigenvalue weighted by molar-refractivity contribution is -0.143. The second-order valence-electron chi connectivity index (χ2n) is 5.06. The van der Waals surface area contributed by atoms with Crippen molar-refractivity contribution in [2.75, 3.05) is 13.7 Å². The Labute approximate surface area is 108 Å². The van der Waals surface area contributed by atoms with Crippen LogP contribution in [0.2, 0.25) is 0 Å². The molecule has 0 N–H and O–H groups in total. The van der Waals surface area contributed by atoms with Crippen molar-refractivity contribution in [2.45, 2.75) is 32.6 Å². The fraction of sp³-hybridized carbons (Fsp3) is 0.533. The highest BCUT2D eigenvalue weighted by molar-refractivity contribution is 5.78. The first kappa shape index (κ1) is 12.9. The number of methoxy groups -OCH3 is 1. The Morgan fingerprint density at radius 2 is 2.17 bits per heavy atom. The van der Waals surface area contributed by atoms with Crippen LogP contribution < -0.4 is 4.74 Å². The first-order valence-electron chi connectivity index (χ1n) is 6.47. The number of ether oxygens (including phenoxy) is 2. The lowest BCUT2D eigenvalue weighted by Gasteiger charge is -2.22. The van der Waals surface area contributed by atoms with Gasteiger partial charge in [0, 0.05) is 0 Å². The molecule has 0 bridgehead atoms. The predicted octanol–water partition coefficient (Wildman–Crippen LogP) is 2.92. The van der Waals surface area contributed by atoms with Crippen LogP contribution in [0.5, 0.6) is 5.75 Å². The minimum absolute atomic E-state index is 0.165. The molecule has 98 valence electrons. The van der Waals surface area contributed by atoms with Crippen LogP contribution in [0.15, 0.2) is 18.2 Å². The number of aryl methyl sites for hydroxylation is 1. The molecule has 0 aromatic heterocycles. The molecule has 1 aromatic rings. The molecule has 0 amide bonds. The maximum absolute atomic E-state index is 11.9. The minimum atomic E-state index is -0.192. The molecule has 0 saturated heterocycles. The summed E-state index contributed by atoms with van der Waals surface area (Å²) in [6.45, 7) is 4.87. The zero-order valence-electron chi connectivity index (χ0n) is 11.2. The summed E-state index contributed by atoms with van der Waals surface area (Å²) in [5.74, 6) is 0.821. The van der Waals surface area contributed by atoms with Crippen LogP contribution >= 0.6 is 0 Å². The van der Waals surface area contributed by atoms with Gasteiger partial charge < -0.3 is 9.47 Å². The van der Waals surface area contributed by atoms with Crippen molar-refractivity contribution in [3.8, 4) is 5.75 Å². The average molecular weight is 248 g/mol. The largest absolute Gasteiger partial charge is 0.493 e. The second kappa shape index (κ2) is 5.42. The third-order valence-corrected chi connectivity index (χ3v) is 3.41. The molecule has 1 heterocycles. The van der Waals surface area contributed by atoms with E-state index in [-0.39, 0.29) is 17.8 Å². The lowest BCUT2D eigenvalue weighted by Crippen LogP contribution is -2.20. The molecule has 0 spiro atoms. The highest BCUT2D eigenvalue weighted by atomic mass is 16.5. The van der Waals surface area contributed by atoms with E-state index in [1.165, 1.54) is 12.7 Å². The monoisotopic (exact) mass is 248 g/mol. The number of esters is 1. The molecule has 1 atom stereocenters. The van der Waals surface area contributed by atoms with E-state index in [1.807, 2.05) is 26.0 Å². The summed E-state index contributed by atoms with van der Waals surface area (Å²) in [5.41, 5.74) is 2.23. The summed E-state index contributed by atoms with van der Waals surface area (Å²) < 4.78 is 10.5. The van der Waals surface area contributed by atoms with Crippen LogP contribution in [-0.2, 0) is 16.0 Å². The van der Waals surface area contributed by atoms with Crippen LogP contribution in [0.25, 0.3) is 0 Å². The number of hydrogen-bond donors (Lipinski definition) is 0. The second-order valence-corrected chi connectivity index (χ2v) is 5.06. The van der Waals surface area contributed by atoms with Gasteiger partial charge in [0.25, 0.3) is 0 Å². The van der Waals surface area contributed by atoms with Crippen molar-refractivity contribution >= 4 is 5.97 Å². The van der Waals surface area contributed by atoms with Crippen molar-refractivity contribution in [1.29, 1.82) is 0 Å². The van der Waals surface area contributed by atoms with E-state index >= 15 is 0 Å². The Kier molecular flexibility index (Phi) is 3.90. The molecule has 1 unspecified atom stereocenters. The van der Waals surface area contributed by atoms with Crippen LogP contribution in [-0.4, -0.2) is 19.7 Å². The Bertz CT molecular complexity index is 437. The third-order valence-electron chi connectivity index (χ3n) is 3.41. The predicted molar refractivity (Wildman–Crippen MR) is 69.9 cm³/mol. The molecular formula is C15H20O3. The molecule has 1 aromatic carbocycles. The molecule has 1 aliphatic rings. The number of fused-ring (bicyclic) bond motifs is 1. The van der Waals surface area contributed by atoms with Crippen molar-refractivity contribution in [2.24, 2.45) is 5.92 Å². The molecular weight excluding hydrogens is 228 g/mol. The molecule has 3 nitrogen and oxygen atoms in total. The molecule has 1 aliphatic heterocycles. The molecule has 3 heteroatoms. The first-order chi connectivity index (χ1) is 8.63. The number of rotatable bonds is 3. The lowest BCUT2D eigenvalue weighted by atomic mass is 9.87. The molecule has 0 saturated carbocycles. The Hall–Kier alpha value is -1.51. The normalized spacial score (nSPS) is 15.8. The molecule has 18 heavy (non-hydrogen) atoms. The van der Waals surface area contributed by atoms with Gasteiger partial charge in [0.05, 0.1) is 19.6 Å². The first-order valence-corrected chi connectivity index (χ1v) is 6.47. The van der Waals surface area contributed by atoms with Gasteiger partial charge in [-0.15, -0.1) is 0 Å². The van der Waals surface area contributed by atoms with Gasteiger partial charge in [0.15, 0.2) is 0 Å². The molecule has 0 fully saturated rings. The highest BCUT2D eigenvalue weighted by Gasteiger charge is 2.26. The highest BCUT2D eigenvalue weighted by Crippen LogP contribution is 2.32. The van der Waals surface area contributed by atoms with Gasteiger partial charge in [0.1, 0.15) is 5.75 Å². The smallest absolute Gasteiger partial charge is 0.313 e. The van der Waals surface area contributed by atoms with Crippen molar-refractivity contribution in [1.82, 2.24) is 0 Å². The molecule has 2 rings (SSSR count). The Balaban J connectivity index is 2.33. The quantitative estimate of drug-likeness (QED) is 0.771. The maximum Gasteiger partial charge on any atom is 0.313 e. The van der Waals surface area contributed by atoms with Crippen molar-refractivity contribution in [3.63, 3.8) is 0 Å². The summed E-state index contributed by atoms with van der Waals surface area (Å²) in [5, 5.41) is 0. The minimum Gasteiger partial charge on any atom is -0.493 e. The third kappa shape index (κ3) is 2.50. The fourth-order valence-electron chi connectivity index (χ4n) is 2.49. The van der Waals surface area contributed by atoms with Gasteiger partial charge >= 0.3 is 5.97 Å². The van der Waals surface area contributed by atoms with E-state index in [0.29, 0.717) is 0 Å². The summed E-state index contributed by atoms with van der Waals surface area (Å²) in [7, 11) is 1.44. The topological polar surface area (TPSA) is 35.5 Å². The summed E-state index contributed by atoms with van der Waals surface area (Å²) in [6, 6.07) is 6.05. The van der Waals surface area contributed by atoms with Gasteiger partial charge in [-0.1, -0.05) is 26.0 Å². The van der Waals surface area contributed by atoms with E-state index in [2.05, 4.69) is 6.07 Å². The summed E-state index contributed by atoms with van der Waals surface area (Å²) in [6.07, 6.45) is 2.07. The van der Waals surface area contributed by atoms with Crippen LogP contribution in [0.4, 0.5) is 0 Å². The van der Waals surface area contributed by atoms with Gasteiger partial charge in [-0.05, 0) is 36.0 Å². The van der Waals surface area contributed by atoms with E-state index in [1.54, 1.807) is 0 Å². The van der Waals surface area contributed by atoms with Crippen LogP contribution in [0.3, 0.4) is 0 Å². The number of carbonyl (C=O) groups excluding carboxylic acids is 1. The molecule has 0 radical (unpaired) electrons. The Morgan fingerprint density at radius 3 is 2.83 bits per heavy atom. The van der Waals surface area contributed by atoms with E-state index < -0.39 is 0 Å². The van der Waals surface area contributed by atoms with Gasteiger partial charge in [-0.25, -0.2) is 0 Å². The van der Waals surface area contributed by atoms with Crippen LogP contribution in [0, 0.1) is 5.92 Å². The van der Waals surface area contributed by atoms with Crippen molar-refractivity contribution in [3.05, 3.63) is 29.3 Å². The maximum atomic E-state index is 11.9. The number of benzene rings is 1. The van der Waals surface area contributed by atoms with E-state index in [4.69, 9.17) is 9.47 Å². The van der Waals surface area contributed by atoms with Crippen molar-refractivity contribution < 1.29 is 14.3 Å².